The molecule has 0 saturated carbocycles. The highest BCUT2D eigenvalue weighted by Crippen LogP contribution is 2.34. The summed E-state index contributed by atoms with van der Waals surface area (Å²) in [7, 11) is 0. The van der Waals surface area contributed by atoms with E-state index >= 15 is 0 Å². The lowest BCUT2D eigenvalue weighted by molar-refractivity contribution is 0.0933. The van der Waals surface area contributed by atoms with E-state index in [2.05, 4.69) is 10.5 Å². The summed E-state index contributed by atoms with van der Waals surface area (Å²) in [5.41, 5.74) is 0.950. The lowest BCUT2D eigenvalue weighted by Gasteiger charge is -2.11. The Morgan fingerprint density at radius 2 is 2.18 bits per heavy atom. The van der Waals surface area contributed by atoms with Crippen molar-refractivity contribution in [3.05, 3.63) is 41.3 Å². The first kappa shape index (κ1) is 14.4. The quantitative estimate of drug-likeness (QED) is 0.870. The summed E-state index contributed by atoms with van der Waals surface area (Å²) in [6.07, 6.45) is -0.323. The Balaban J connectivity index is 1.52. The molecule has 2 aromatic rings. The number of aryl methyl sites for hydroxylation is 1. The number of carbonyl (C=O) groups is 1. The summed E-state index contributed by atoms with van der Waals surface area (Å²) in [6, 6.07) is 6.85. The molecule has 0 fully saturated rings. The standard InChI is InChI=1S/C15H16N2O5/c1-9-6-11(17-22-9)15(19)16-5-4-12(18)10-2-3-13-14(7-10)21-8-20-13/h2-3,6-7,12,18H,4-5,8H2,1H3,(H,16,19). The van der Waals surface area contributed by atoms with E-state index in [0.717, 1.165) is 5.56 Å². The zero-order chi connectivity index (χ0) is 15.5. The second-order valence-electron chi connectivity index (χ2n) is 5.00. The minimum atomic E-state index is -0.700. The minimum Gasteiger partial charge on any atom is -0.454 e. The van der Waals surface area contributed by atoms with Crippen molar-refractivity contribution in [2.24, 2.45) is 0 Å². The lowest BCUT2D eigenvalue weighted by Crippen LogP contribution is -2.25. The number of nitrogens with zero attached hydrogens (tertiary/aromatic N) is 1. The van der Waals surface area contributed by atoms with Crippen molar-refractivity contribution in [3.63, 3.8) is 0 Å². The van der Waals surface area contributed by atoms with Gasteiger partial charge in [-0.2, -0.15) is 0 Å². The molecule has 1 aliphatic heterocycles. The molecule has 0 saturated heterocycles. The Bertz CT molecular complexity index is 682. The van der Waals surface area contributed by atoms with Crippen LogP contribution < -0.4 is 14.8 Å². The molecule has 0 aliphatic carbocycles. The van der Waals surface area contributed by atoms with E-state index in [1.165, 1.54) is 0 Å². The molecule has 1 unspecified atom stereocenters. The zero-order valence-electron chi connectivity index (χ0n) is 12.0. The van der Waals surface area contributed by atoms with Crippen molar-refractivity contribution in [3.8, 4) is 11.5 Å². The van der Waals surface area contributed by atoms with Gasteiger partial charge < -0.3 is 24.4 Å². The Kier molecular flexibility index (Phi) is 3.97. The number of aliphatic hydroxyl groups excluding tert-OH is 1. The van der Waals surface area contributed by atoms with Gasteiger partial charge in [-0.15, -0.1) is 0 Å². The fourth-order valence-corrected chi connectivity index (χ4v) is 2.17. The highest BCUT2D eigenvalue weighted by molar-refractivity contribution is 5.92. The van der Waals surface area contributed by atoms with Gasteiger partial charge in [0.1, 0.15) is 5.76 Å². The number of ether oxygens (including phenoxy) is 2. The van der Waals surface area contributed by atoms with Gasteiger partial charge in [-0.1, -0.05) is 11.2 Å². The zero-order valence-corrected chi connectivity index (χ0v) is 12.0. The van der Waals surface area contributed by atoms with Crippen LogP contribution in [0.15, 0.2) is 28.8 Å². The van der Waals surface area contributed by atoms with Crippen molar-refractivity contribution < 1.29 is 23.9 Å². The maximum Gasteiger partial charge on any atom is 0.273 e. The molecular formula is C15H16N2O5. The molecule has 2 N–H and O–H groups in total. The van der Waals surface area contributed by atoms with Gasteiger partial charge in [0.25, 0.3) is 5.91 Å². The molecule has 1 amide bonds. The molecule has 7 nitrogen and oxygen atoms in total. The molecule has 3 rings (SSSR count). The number of nitrogens with one attached hydrogen (secondary N) is 1. The van der Waals surface area contributed by atoms with Crippen molar-refractivity contribution in [1.82, 2.24) is 10.5 Å². The van der Waals surface area contributed by atoms with Gasteiger partial charge in [0, 0.05) is 12.6 Å². The van der Waals surface area contributed by atoms with Gasteiger partial charge in [-0.25, -0.2) is 0 Å². The fourth-order valence-electron chi connectivity index (χ4n) is 2.17. The number of benzene rings is 1. The molecule has 1 aromatic carbocycles. The van der Waals surface area contributed by atoms with Crippen LogP contribution in [0.5, 0.6) is 11.5 Å². The molecule has 1 aromatic heterocycles. The number of carbonyl (C=O) groups excluding carboxylic acids is 1. The number of fused-ring (bicyclic) bond motifs is 1. The van der Waals surface area contributed by atoms with E-state index in [-0.39, 0.29) is 18.4 Å². The highest BCUT2D eigenvalue weighted by atomic mass is 16.7. The predicted octanol–water partition coefficient (Wildman–Crippen LogP) is 1.57. The summed E-state index contributed by atoms with van der Waals surface area (Å²) in [5, 5.41) is 16.5. The minimum absolute atomic E-state index is 0.196. The molecule has 0 spiro atoms. The van der Waals surface area contributed by atoms with Gasteiger partial charge in [0.05, 0.1) is 6.10 Å². The van der Waals surface area contributed by atoms with Gasteiger partial charge in [-0.05, 0) is 31.0 Å². The molecule has 1 aliphatic rings. The monoisotopic (exact) mass is 304 g/mol. The average Bonchev–Trinajstić information content (AvgIpc) is 3.14. The van der Waals surface area contributed by atoms with Crippen LogP contribution in [-0.2, 0) is 0 Å². The summed E-state index contributed by atoms with van der Waals surface area (Å²) in [6.45, 7) is 2.23. The van der Waals surface area contributed by atoms with Crippen LogP contribution in [0.25, 0.3) is 0 Å². The van der Waals surface area contributed by atoms with E-state index in [0.29, 0.717) is 30.2 Å². The smallest absolute Gasteiger partial charge is 0.273 e. The van der Waals surface area contributed by atoms with Gasteiger partial charge in [0.15, 0.2) is 17.2 Å². The molecule has 2 heterocycles. The normalized spacial score (nSPS) is 13.9. The Labute approximate surface area is 126 Å². The first-order valence-corrected chi connectivity index (χ1v) is 6.92. The van der Waals surface area contributed by atoms with Crippen molar-refractivity contribution >= 4 is 5.91 Å². The molecule has 116 valence electrons. The molecular weight excluding hydrogens is 288 g/mol. The first-order chi connectivity index (χ1) is 10.6. The maximum absolute atomic E-state index is 11.8. The number of hydrogen-bond donors (Lipinski definition) is 2. The predicted molar refractivity (Wildman–Crippen MR) is 75.7 cm³/mol. The molecule has 0 radical (unpaired) electrons. The second kappa shape index (κ2) is 6.07. The first-order valence-electron chi connectivity index (χ1n) is 6.92. The van der Waals surface area contributed by atoms with Crippen LogP contribution in [0, 0.1) is 6.92 Å². The van der Waals surface area contributed by atoms with E-state index in [4.69, 9.17) is 14.0 Å². The number of rotatable bonds is 5. The summed E-state index contributed by atoms with van der Waals surface area (Å²) < 4.78 is 15.3. The van der Waals surface area contributed by atoms with Crippen LogP contribution in [0.2, 0.25) is 0 Å². The van der Waals surface area contributed by atoms with Crippen LogP contribution in [0.3, 0.4) is 0 Å². The van der Waals surface area contributed by atoms with Gasteiger partial charge in [-0.3, -0.25) is 4.79 Å². The summed E-state index contributed by atoms with van der Waals surface area (Å²) >= 11 is 0. The van der Waals surface area contributed by atoms with Crippen molar-refractivity contribution in [2.75, 3.05) is 13.3 Å². The third-order valence-corrected chi connectivity index (χ3v) is 3.35. The second-order valence-corrected chi connectivity index (χ2v) is 5.00. The van der Waals surface area contributed by atoms with Crippen LogP contribution in [0.4, 0.5) is 0 Å². The largest absolute Gasteiger partial charge is 0.454 e. The SMILES string of the molecule is Cc1cc(C(=O)NCCC(O)c2ccc3c(c2)OCO3)no1. The number of hydrogen-bond acceptors (Lipinski definition) is 6. The molecule has 1 atom stereocenters. The topological polar surface area (TPSA) is 93.8 Å². The average molecular weight is 304 g/mol. The summed E-state index contributed by atoms with van der Waals surface area (Å²) in [4.78, 5) is 11.8. The Morgan fingerprint density at radius 1 is 1.36 bits per heavy atom. The fraction of sp³-hybridized carbons (Fsp3) is 0.333. The Hall–Kier alpha value is -2.54. The lowest BCUT2D eigenvalue weighted by atomic mass is 10.1. The van der Waals surface area contributed by atoms with E-state index in [1.807, 2.05) is 0 Å². The number of aliphatic hydroxyl groups is 1. The van der Waals surface area contributed by atoms with Crippen LogP contribution in [0.1, 0.15) is 34.3 Å². The van der Waals surface area contributed by atoms with Gasteiger partial charge in [0.2, 0.25) is 6.79 Å². The number of amides is 1. The maximum atomic E-state index is 11.8. The highest BCUT2D eigenvalue weighted by Gasteiger charge is 2.17. The Morgan fingerprint density at radius 3 is 2.95 bits per heavy atom. The van der Waals surface area contributed by atoms with Crippen molar-refractivity contribution in [1.29, 1.82) is 0 Å². The molecule has 7 heteroatoms. The van der Waals surface area contributed by atoms with E-state index < -0.39 is 6.10 Å². The molecule has 0 bridgehead atoms. The summed E-state index contributed by atoms with van der Waals surface area (Å²) in [5.74, 6) is 1.55. The third kappa shape index (κ3) is 3.04. The van der Waals surface area contributed by atoms with Crippen LogP contribution in [-0.4, -0.2) is 29.5 Å². The third-order valence-electron chi connectivity index (χ3n) is 3.35. The van der Waals surface area contributed by atoms with E-state index in [9.17, 15) is 9.90 Å². The van der Waals surface area contributed by atoms with Crippen LogP contribution >= 0.6 is 0 Å². The van der Waals surface area contributed by atoms with E-state index in [1.54, 1.807) is 31.2 Å². The van der Waals surface area contributed by atoms with Gasteiger partial charge >= 0.3 is 0 Å². The van der Waals surface area contributed by atoms with Crippen molar-refractivity contribution in [2.45, 2.75) is 19.4 Å². The molecule has 22 heavy (non-hydrogen) atoms. The number of aromatic nitrogens is 1.